The summed E-state index contributed by atoms with van der Waals surface area (Å²) in [5.41, 5.74) is 5.84. The first-order valence-electron chi connectivity index (χ1n) is 4.20. The normalized spacial score (nSPS) is 47.7. The first kappa shape index (κ1) is 7.53. The molecule has 0 aromatic carbocycles. The monoisotopic (exact) mass is 157 g/mol. The van der Waals surface area contributed by atoms with Crippen molar-refractivity contribution in [2.75, 3.05) is 0 Å². The van der Waals surface area contributed by atoms with Crippen LogP contribution in [0.4, 0.5) is 0 Å². The number of rotatable bonds is 0. The minimum Gasteiger partial charge on any atom is -0.345 e. The van der Waals surface area contributed by atoms with E-state index in [0.29, 0.717) is 0 Å². The van der Waals surface area contributed by atoms with E-state index in [0.717, 1.165) is 12.8 Å². The highest BCUT2D eigenvalue weighted by molar-refractivity contribution is 4.94. The smallest absolute Gasteiger partial charge is 0.163 e. The maximum Gasteiger partial charge on any atom is 0.163 e. The Morgan fingerprint density at radius 1 is 1.27 bits per heavy atom. The lowest BCUT2D eigenvalue weighted by Crippen LogP contribution is -2.34. The summed E-state index contributed by atoms with van der Waals surface area (Å²) >= 11 is 0. The summed E-state index contributed by atoms with van der Waals surface area (Å²) in [4.78, 5) is 0. The van der Waals surface area contributed by atoms with Gasteiger partial charge < -0.3 is 15.2 Å². The molecule has 2 N–H and O–H groups in total. The Hall–Kier alpha value is -0.120. The van der Waals surface area contributed by atoms with E-state index in [1.165, 1.54) is 0 Å². The number of hydrogen-bond acceptors (Lipinski definition) is 3. The quantitative estimate of drug-likeness (QED) is 0.561. The Bertz CT molecular complexity index is 169. The highest BCUT2D eigenvalue weighted by atomic mass is 16.8. The molecule has 0 spiro atoms. The largest absolute Gasteiger partial charge is 0.345 e. The van der Waals surface area contributed by atoms with Gasteiger partial charge in [0.1, 0.15) is 6.10 Å². The molecule has 1 saturated heterocycles. The molecule has 1 aliphatic heterocycles. The van der Waals surface area contributed by atoms with Gasteiger partial charge >= 0.3 is 0 Å². The van der Waals surface area contributed by atoms with Crippen LogP contribution in [-0.4, -0.2) is 24.0 Å². The summed E-state index contributed by atoms with van der Waals surface area (Å²) in [7, 11) is 0. The number of fused-ring (bicyclic) bond motifs is 1. The topological polar surface area (TPSA) is 44.5 Å². The SMILES string of the molecule is CC1(C)OC2CCC(N)C2O1. The van der Waals surface area contributed by atoms with Crippen LogP contribution in [0.25, 0.3) is 0 Å². The van der Waals surface area contributed by atoms with E-state index in [-0.39, 0.29) is 18.2 Å². The molecule has 1 aliphatic carbocycles. The highest BCUT2D eigenvalue weighted by Crippen LogP contribution is 2.37. The molecule has 0 aromatic heterocycles. The first-order valence-corrected chi connectivity index (χ1v) is 4.20. The van der Waals surface area contributed by atoms with Crippen LogP contribution < -0.4 is 5.73 Å². The lowest BCUT2D eigenvalue weighted by atomic mass is 10.2. The van der Waals surface area contributed by atoms with Crippen LogP contribution in [0.2, 0.25) is 0 Å². The van der Waals surface area contributed by atoms with Gasteiger partial charge in [0.2, 0.25) is 0 Å². The minimum absolute atomic E-state index is 0.144. The van der Waals surface area contributed by atoms with Gasteiger partial charge in [-0.1, -0.05) is 0 Å². The zero-order valence-electron chi connectivity index (χ0n) is 7.04. The zero-order valence-corrected chi connectivity index (χ0v) is 7.04. The van der Waals surface area contributed by atoms with E-state index in [1.54, 1.807) is 0 Å². The molecule has 3 heteroatoms. The predicted octanol–water partition coefficient (Wildman–Crippen LogP) is 0.628. The second kappa shape index (κ2) is 2.19. The fraction of sp³-hybridized carbons (Fsp3) is 1.00. The third kappa shape index (κ3) is 1.17. The van der Waals surface area contributed by atoms with Gasteiger partial charge in [-0.3, -0.25) is 0 Å². The Morgan fingerprint density at radius 2 is 2.00 bits per heavy atom. The molecule has 0 bridgehead atoms. The van der Waals surface area contributed by atoms with Crippen LogP contribution in [-0.2, 0) is 9.47 Å². The number of hydrogen-bond donors (Lipinski definition) is 1. The summed E-state index contributed by atoms with van der Waals surface area (Å²) in [6, 6.07) is 0.182. The van der Waals surface area contributed by atoms with Crippen LogP contribution in [0.5, 0.6) is 0 Å². The number of nitrogens with two attached hydrogens (primary N) is 1. The summed E-state index contributed by atoms with van der Waals surface area (Å²) in [5.74, 6) is -0.409. The summed E-state index contributed by atoms with van der Waals surface area (Å²) < 4.78 is 11.3. The molecule has 0 amide bonds. The van der Waals surface area contributed by atoms with E-state index in [9.17, 15) is 0 Å². The van der Waals surface area contributed by atoms with Gasteiger partial charge in [0.25, 0.3) is 0 Å². The summed E-state index contributed by atoms with van der Waals surface area (Å²) in [6.07, 6.45) is 2.48. The Balaban J connectivity index is 2.10. The Kier molecular flexibility index (Phi) is 1.50. The first-order chi connectivity index (χ1) is 5.08. The van der Waals surface area contributed by atoms with E-state index in [2.05, 4.69) is 0 Å². The van der Waals surface area contributed by atoms with E-state index in [1.807, 2.05) is 13.8 Å². The molecule has 3 atom stereocenters. The minimum atomic E-state index is -0.409. The van der Waals surface area contributed by atoms with Gasteiger partial charge in [-0.05, 0) is 26.7 Å². The Morgan fingerprint density at radius 3 is 2.64 bits per heavy atom. The molecule has 0 aromatic rings. The number of ether oxygens (including phenoxy) is 2. The summed E-state index contributed by atoms with van der Waals surface area (Å²) in [5, 5.41) is 0. The fourth-order valence-corrected chi connectivity index (χ4v) is 1.97. The molecule has 1 heterocycles. The molecular weight excluding hydrogens is 142 g/mol. The highest BCUT2D eigenvalue weighted by Gasteiger charge is 2.47. The van der Waals surface area contributed by atoms with Crippen molar-refractivity contribution in [3.63, 3.8) is 0 Å². The maximum absolute atomic E-state index is 5.84. The van der Waals surface area contributed by atoms with Crippen LogP contribution in [0.1, 0.15) is 26.7 Å². The summed E-state index contributed by atoms with van der Waals surface area (Å²) in [6.45, 7) is 3.88. The van der Waals surface area contributed by atoms with Gasteiger partial charge in [-0.15, -0.1) is 0 Å². The van der Waals surface area contributed by atoms with Crippen molar-refractivity contribution in [3.05, 3.63) is 0 Å². The van der Waals surface area contributed by atoms with E-state index < -0.39 is 5.79 Å². The molecule has 2 rings (SSSR count). The standard InChI is InChI=1S/C8H15NO2/c1-8(2)10-6-4-3-5(9)7(6)11-8/h5-7H,3-4,9H2,1-2H3. The third-order valence-corrected chi connectivity index (χ3v) is 2.43. The average molecular weight is 157 g/mol. The van der Waals surface area contributed by atoms with Crippen LogP contribution in [0, 0.1) is 0 Å². The van der Waals surface area contributed by atoms with Crippen molar-refractivity contribution in [1.29, 1.82) is 0 Å². The molecule has 64 valence electrons. The molecule has 3 unspecified atom stereocenters. The van der Waals surface area contributed by atoms with Crippen LogP contribution in [0.3, 0.4) is 0 Å². The van der Waals surface area contributed by atoms with Crippen molar-refractivity contribution in [1.82, 2.24) is 0 Å². The van der Waals surface area contributed by atoms with Gasteiger partial charge in [0.15, 0.2) is 5.79 Å². The van der Waals surface area contributed by atoms with Gasteiger partial charge in [-0.25, -0.2) is 0 Å². The van der Waals surface area contributed by atoms with Crippen molar-refractivity contribution in [2.24, 2.45) is 5.73 Å². The van der Waals surface area contributed by atoms with Gasteiger partial charge in [0.05, 0.1) is 6.10 Å². The molecule has 0 radical (unpaired) electrons. The van der Waals surface area contributed by atoms with Crippen LogP contribution in [0.15, 0.2) is 0 Å². The second-order valence-corrected chi connectivity index (χ2v) is 3.88. The fourth-order valence-electron chi connectivity index (χ4n) is 1.97. The van der Waals surface area contributed by atoms with E-state index >= 15 is 0 Å². The molecule has 3 nitrogen and oxygen atoms in total. The predicted molar refractivity (Wildman–Crippen MR) is 41.0 cm³/mol. The van der Waals surface area contributed by atoms with Gasteiger partial charge in [-0.2, -0.15) is 0 Å². The molecule has 2 fully saturated rings. The van der Waals surface area contributed by atoms with Crippen molar-refractivity contribution in [3.8, 4) is 0 Å². The average Bonchev–Trinajstić information content (AvgIpc) is 2.31. The zero-order chi connectivity index (χ0) is 8.06. The lowest BCUT2D eigenvalue weighted by molar-refractivity contribution is -0.152. The van der Waals surface area contributed by atoms with E-state index in [4.69, 9.17) is 15.2 Å². The molecular formula is C8H15NO2. The lowest BCUT2D eigenvalue weighted by Gasteiger charge is -2.19. The maximum atomic E-state index is 5.84. The molecule has 1 saturated carbocycles. The Labute approximate surface area is 66.8 Å². The van der Waals surface area contributed by atoms with Gasteiger partial charge in [0, 0.05) is 6.04 Å². The molecule has 2 aliphatic rings. The van der Waals surface area contributed by atoms with Crippen molar-refractivity contribution < 1.29 is 9.47 Å². The van der Waals surface area contributed by atoms with Crippen molar-refractivity contribution >= 4 is 0 Å². The van der Waals surface area contributed by atoms with Crippen molar-refractivity contribution in [2.45, 2.75) is 50.7 Å². The van der Waals surface area contributed by atoms with Crippen LogP contribution >= 0.6 is 0 Å². The molecule has 11 heavy (non-hydrogen) atoms. The third-order valence-electron chi connectivity index (χ3n) is 2.43. The second-order valence-electron chi connectivity index (χ2n) is 3.88.